The maximum absolute atomic E-state index is 6.16. The average molecular weight is 379 g/mol. The van der Waals surface area contributed by atoms with Crippen molar-refractivity contribution in [3.63, 3.8) is 0 Å². The highest BCUT2D eigenvalue weighted by atomic mass is 79.9. The summed E-state index contributed by atoms with van der Waals surface area (Å²) in [6, 6.07) is 3.33. The smallest absolute Gasteiger partial charge is 0.241 e. The number of nitrogens with zero attached hydrogens (tertiary/aromatic N) is 2. The Morgan fingerprint density at radius 2 is 2.05 bits per heavy atom. The third kappa shape index (κ3) is 3.05. The zero-order chi connectivity index (χ0) is 14.9. The number of nitrogens with two attached hydrogens (primary N) is 1. The van der Waals surface area contributed by atoms with Crippen LogP contribution in [0.2, 0.25) is 10.0 Å². The van der Waals surface area contributed by atoms with Gasteiger partial charge in [-0.15, -0.1) is 0 Å². The first-order valence-corrected chi connectivity index (χ1v) is 7.64. The summed E-state index contributed by atoms with van der Waals surface area (Å²) in [6.45, 7) is 4.61. The topological polar surface area (TPSA) is 53.1 Å². The van der Waals surface area contributed by atoms with Gasteiger partial charge in [0.1, 0.15) is 11.4 Å². The first kappa shape index (κ1) is 15.5. The van der Waals surface area contributed by atoms with Gasteiger partial charge in [0.2, 0.25) is 5.88 Å². The zero-order valence-corrected chi connectivity index (χ0v) is 14.2. The van der Waals surface area contributed by atoms with Crippen LogP contribution in [0.1, 0.15) is 19.0 Å². The summed E-state index contributed by atoms with van der Waals surface area (Å²) in [5, 5.41) is 5.31. The van der Waals surface area contributed by atoms with Crippen molar-refractivity contribution in [2.45, 2.75) is 26.8 Å². The molecule has 0 aliphatic heterocycles. The van der Waals surface area contributed by atoms with Gasteiger partial charge in [0.15, 0.2) is 0 Å². The van der Waals surface area contributed by atoms with Crippen molar-refractivity contribution in [2.75, 3.05) is 5.73 Å². The third-order valence-electron chi connectivity index (χ3n) is 2.74. The van der Waals surface area contributed by atoms with Crippen LogP contribution in [0.5, 0.6) is 11.6 Å². The molecule has 0 atom stereocenters. The van der Waals surface area contributed by atoms with Crippen molar-refractivity contribution in [3.8, 4) is 11.6 Å². The summed E-state index contributed by atoms with van der Waals surface area (Å²) in [7, 11) is 0. The van der Waals surface area contributed by atoms with Crippen LogP contribution in [-0.2, 0) is 6.54 Å². The molecule has 20 heavy (non-hydrogen) atoms. The number of rotatable bonds is 4. The van der Waals surface area contributed by atoms with Crippen LogP contribution in [-0.4, -0.2) is 9.78 Å². The van der Waals surface area contributed by atoms with Gasteiger partial charge in [0, 0.05) is 17.1 Å². The Bertz CT molecular complexity index is 643. The highest BCUT2D eigenvalue weighted by Crippen LogP contribution is 2.38. The predicted octanol–water partition coefficient (Wildman–Crippen LogP) is 5.05. The first-order valence-electron chi connectivity index (χ1n) is 6.09. The van der Waals surface area contributed by atoms with E-state index in [0.29, 0.717) is 31.8 Å². The highest BCUT2D eigenvalue weighted by Gasteiger charge is 2.16. The highest BCUT2D eigenvalue weighted by molar-refractivity contribution is 9.10. The number of aryl methyl sites for hydroxylation is 2. The molecule has 1 heterocycles. The molecule has 1 aromatic heterocycles. The molecular formula is C13H14BrCl2N3O. The molecular weight excluding hydrogens is 365 g/mol. The number of hydrogen-bond acceptors (Lipinski definition) is 3. The maximum Gasteiger partial charge on any atom is 0.241 e. The van der Waals surface area contributed by atoms with E-state index in [9.17, 15) is 0 Å². The second-order valence-corrected chi connectivity index (χ2v) is 5.99. The third-order valence-corrected chi connectivity index (χ3v) is 4.23. The monoisotopic (exact) mass is 377 g/mol. The van der Waals surface area contributed by atoms with E-state index < -0.39 is 0 Å². The molecule has 108 valence electrons. The van der Waals surface area contributed by atoms with Crippen molar-refractivity contribution in [2.24, 2.45) is 0 Å². The number of aromatic nitrogens is 2. The fraction of sp³-hybridized carbons (Fsp3) is 0.308. The Morgan fingerprint density at radius 1 is 1.35 bits per heavy atom. The van der Waals surface area contributed by atoms with Gasteiger partial charge < -0.3 is 10.5 Å². The van der Waals surface area contributed by atoms with Crippen molar-refractivity contribution in [1.29, 1.82) is 0 Å². The second kappa shape index (κ2) is 6.24. The van der Waals surface area contributed by atoms with E-state index in [4.69, 9.17) is 33.7 Å². The van der Waals surface area contributed by atoms with Crippen LogP contribution < -0.4 is 10.5 Å². The number of halogens is 3. The minimum absolute atomic E-state index is 0.447. The summed E-state index contributed by atoms with van der Waals surface area (Å²) in [5.74, 6) is 0.938. The van der Waals surface area contributed by atoms with Crippen molar-refractivity contribution in [3.05, 3.63) is 32.3 Å². The van der Waals surface area contributed by atoms with Gasteiger partial charge in [-0.3, -0.25) is 0 Å². The van der Waals surface area contributed by atoms with Crippen LogP contribution in [0.25, 0.3) is 0 Å². The summed E-state index contributed by atoms with van der Waals surface area (Å²) in [6.07, 6.45) is 0.922. The van der Waals surface area contributed by atoms with E-state index in [0.717, 1.165) is 18.7 Å². The van der Waals surface area contributed by atoms with E-state index in [1.165, 1.54) is 0 Å². The minimum atomic E-state index is 0.447. The quantitative estimate of drug-likeness (QED) is 0.757. The van der Waals surface area contributed by atoms with E-state index in [2.05, 4.69) is 28.0 Å². The molecule has 0 fully saturated rings. The first-order chi connectivity index (χ1) is 9.43. The molecule has 0 radical (unpaired) electrons. The number of ether oxygens (including phenoxy) is 1. The molecule has 0 unspecified atom stereocenters. The summed E-state index contributed by atoms with van der Waals surface area (Å²) < 4.78 is 8.26. The van der Waals surface area contributed by atoms with E-state index in [1.54, 1.807) is 16.8 Å². The predicted molar refractivity (Wildman–Crippen MR) is 85.9 cm³/mol. The Morgan fingerprint density at radius 3 is 2.70 bits per heavy atom. The molecule has 7 heteroatoms. The largest absolute Gasteiger partial charge is 0.436 e. The van der Waals surface area contributed by atoms with Crippen molar-refractivity contribution in [1.82, 2.24) is 9.78 Å². The zero-order valence-electron chi connectivity index (χ0n) is 11.1. The van der Waals surface area contributed by atoms with Gasteiger partial charge in [0.05, 0.1) is 15.7 Å². The lowest BCUT2D eigenvalue weighted by Crippen LogP contribution is -2.03. The lowest BCUT2D eigenvalue weighted by molar-refractivity contribution is 0.410. The Labute approximate surface area is 135 Å². The van der Waals surface area contributed by atoms with Crippen LogP contribution in [0, 0.1) is 6.92 Å². The molecule has 0 aliphatic rings. The van der Waals surface area contributed by atoms with Gasteiger partial charge in [-0.2, -0.15) is 5.10 Å². The number of hydrogen-bond donors (Lipinski definition) is 1. The van der Waals surface area contributed by atoms with E-state index in [1.807, 2.05) is 6.92 Å². The number of benzene rings is 1. The summed E-state index contributed by atoms with van der Waals surface area (Å²) in [4.78, 5) is 0. The number of anilines is 1. The summed E-state index contributed by atoms with van der Waals surface area (Å²) in [5.41, 5.74) is 7.24. The van der Waals surface area contributed by atoms with Gasteiger partial charge >= 0.3 is 0 Å². The van der Waals surface area contributed by atoms with E-state index >= 15 is 0 Å². The molecule has 0 spiro atoms. The molecule has 0 bridgehead atoms. The van der Waals surface area contributed by atoms with Crippen molar-refractivity contribution >= 4 is 44.8 Å². The fourth-order valence-electron chi connectivity index (χ4n) is 1.73. The molecule has 0 saturated carbocycles. The van der Waals surface area contributed by atoms with Gasteiger partial charge in [0.25, 0.3) is 0 Å². The normalized spacial score (nSPS) is 10.8. The Hall–Kier alpha value is -0.910. The van der Waals surface area contributed by atoms with Crippen LogP contribution >= 0.6 is 39.1 Å². The van der Waals surface area contributed by atoms with Gasteiger partial charge in [-0.25, -0.2) is 4.68 Å². The standard InChI is InChI=1S/C13H14BrCl2N3O/c1-3-4-19-13(12(17)7(2)18-19)20-11-6-9(15)8(14)5-10(11)16/h5-6H,3-4,17H2,1-2H3. The number of nitrogen functional groups attached to an aromatic ring is 1. The molecule has 1 aromatic carbocycles. The minimum Gasteiger partial charge on any atom is -0.436 e. The summed E-state index contributed by atoms with van der Waals surface area (Å²) >= 11 is 15.5. The Balaban J connectivity index is 2.42. The molecule has 0 aliphatic carbocycles. The average Bonchev–Trinajstić information content (AvgIpc) is 2.64. The van der Waals surface area contributed by atoms with E-state index in [-0.39, 0.29) is 0 Å². The lowest BCUT2D eigenvalue weighted by atomic mass is 10.3. The van der Waals surface area contributed by atoms with Gasteiger partial charge in [-0.1, -0.05) is 30.1 Å². The van der Waals surface area contributed by atoms with Crippen LogP contribution in [0.4, 0.5) is 5.69 Å². The SMILES string of the molecule is CCCn1nc(C)c(N)c1Oc1cc(Cl)c(Br)cc1Cl. The Kier molecular flexibility index (Phi) is 4.83. The molecule has 0 amide bonds. The lowest BCUT2D eigenvalue weighted by Gasteiger charge is -2.11. The van der Waals surface area contributed by atoms with Gasteiger partial charge in [-0.05, 0) is 35.3 Å². The molecule has 2 aromatic rings. The second-order valence-electron chi connectivity index (χ2n) is 4.33. The fourth-order valence-corrected chi connectivity index (χ4v) is 2.56. The molecule has 0 saturated heterocycles. The van der Waals surface area contributed by atoms with Crippen molar-refractivity contribution < 1.29 is 4.74 Å². The molecule has 2 rings (SSSR count). The maximum atomic E-state index is 6.16. The van der Waals surface area contributed by atoms with Crippen LogP contribution in [0.3, 0.4) is 0 Å². The van der Waals surface area contributed by atoms with Crippen LogP contribution in [0.15, 0.2) is 16.6 Å². The molecule has 2 N–H and O–H groups in total. The molecule has 4 nitrogen and oxygen atoms in total.